The van der Waals surface area contributed by atoms with Crippen LogP contribution in [0.5, 0.6) is 0 Å². The first-order valence-electron chi connectivity index (χ1n) is 5.17. The first kappa shape index (κ1) is 12.2. The summed E-state index contributed by atoms with van der Waals surface area (Å²) in [6, 6.07) is -0.591. The Balaban J connectivity index is 2.48. The van der Waals surface area contributed by atoms with Crippen LogP contribution in [0, 0.1) is 0 Å². The van der Waals surface area contributed by atoms with Crippen LogP contribution in [-0.4, -0.2) is 41.9 Å². The van der Waals surface area contributed by atoms with Gasteiger partial charge >= 0.3 is 6.09 Å². The normalized spacial score (nSPS) is 27.7. The number of carbonyl (C=O) groups is 1. The number of piperidine rings is 1. The van der Waals surface area contributed by atoms with Gasteiger partial charge in [-0.1, -0.05) is 0 Å². The molecule has 1 aliphatic rings. The van der Waals surface area contributed by atoms with Gasteiger partial charge in [0.1, 0.15) is 11.8 Å². The smallest absolute Gasteiger partial charge is 0.410 e. The molecule has 2 N–H and O–H groups in total. The minimum atomic E-state index is -1.01. The summed E-state index contributed by atoms with van der Waals surface area (Å²) in [5.74, 6) is 0. The van der Waals surface area contributed by atoms with Crippen molar-refractivity contribution in [2.24, 2.45) is 5.73 Å². The molecular formula is C10H19FN2O2. The minimum absolute atomic E-state index is 0.232. The minimum Gasteiger partial charge on any atom is -0.444 e. The number of ether oxygens (including phenoxy) is 1. The van der Waals surface area contributed by atoms with Crippen LogP contribution in [0.4, 0.5) is 9.18 Å². The van der Waals surface area contributed by atoms with Gasteiger partial charge in [-0.25, -0.2) is 9.18 Å². The second-order valence-electron chi connectivity index (χ2n) is 4.89. The predicted molar refractivity (Wildman–Crippen MR) is 55.3 cm³/mol. The molecule has 5 heteroatoms. The highest BCUT2D eigenvalue weighted by Crippen LogP contribution is 2.16. The lowest BCUT2D eigenvalue weighted by atomic mass is 10.1. The van der Waals surface area contributed by atoms with Crippen LogP contribution in [0.2, 0.25) is 0 Å². The second kappa shape index (κ2) is 4.35. The van der Waals surface area contributed by atoms with E-state index in [0.717, 1.165) is 0 Å². The van der Waals surface area contributed by atoms with Crippen molar-refractivity contribution >= 4 is 6.09 Å². The summed E-state index contributed by atoms with van der Waals surface area (Å²) in [7, 11) is 0. The van der Waals surface area contributed by atoms with E-state index in [1.54, 1.807) is 20.8 Å². The molecule has 1 fully saturated rings. The van der Waals surface area contributed by atoms with E-state index >= 15 is 0 Å². The molecule has 4 nitrogen and oxygen atoms in total. The second-order valence-corrected chi connectivity index (χ2v) is 4.89. The molecule has 2 atom stereocenters. The van der Waals surface area contributed by atoms with Crippen LogP contribution in [-0.2, 0) is 4.74 Å². The molecule has 1 aliphatic heterocycles. The Labute approximate surface area is 89.6 Å². The molecule has 0 bridgehead atoms. The van der Waals surface area contributed by atoms with Crippen molar-refractivity contribution in [3.63, 3.8) is 0 Å². The molecule has 0 saturated carbocycles. The molecule has 88 valence electrons. The summed E-state index contributed by atoms with van der Waals surface area (Å²) in [5, 5.41) is 0. The molecule has 1 rings (SSSR count). The standard InChI is InChI=1S/C10H19FN2O2/c1-10(2,3)15-9(14)13-5-4-7(11)8(12)6-13/h7-8H,4-6,12H2,1-3H3/t7-,8?/m0/s1. The van der Waals surface area contributed by atoms with Gasteiger partial charge in [-0.05, 0) is 27.2 Å². The maximum atomic E-state index is 13.0. The summed E-state index contributed by atoms with van der Waals surface area (Å²) >= 11 is 0. The van der Waals surface area contributed by atoms with E-state index in [1.165, 1.54) is 4.90 Å². The Morgan fingerprint density at radius 3 is 2.60 bits per heavy atom. The van der Waals surface area contributed by atoms with Gasteiger partial charge in [-0.15, -0.1) is 0 Å². The Morgan fingerprint density at radius 1 is 1.53 bits per heavy atom. The van der Waals surface area contributed by atoms with Gasteiger partial charge in [0.15, 0.2) is 0 Å². The summed E-state index contributed by atoms with van der Waals surface area (Å²) in [6.07, 6.45) is -1.13. The topological polar surface area (TPSA) is 55.6 Å². The number of rotatable bonds is 0. The highest BCUT2D eigenvalue weighted by Gasteiger charge is 2.31. The van der Waals surface area contributed by atoms with Crippen LogP contribution in [0.25, 0.3) is 0 Å². The Bertz CT molecular complexity index is 240. The SMILES string of the molecule is CC(C)(C)OC(=O)N1CC[C@H](F)C(N)C1. The molecule has 1 heterocycles. The van der Waals surface area contributed by atoms with Crippen LogP contribution in [0.1, 0.15) is 27.2 Å². The summed E-state index contributed by atoms with van der Waals surface area (Å²) < 4.78 is 18.2. The van der Waals surface area contributed by atoms with Crippen molar-refractivity contribution in [3.8, 4) is 0 Å². The van der Waals surface area contributed by atoms with E-state index in [-0.39, 0.29) is 6.54 Å². The van der Waals surface area contributed by atoms with Gasteiger partial charge < -0.3 is 15.4 Å². The number of amides is 1. The molecule has 0 spiro atoms. The van der Waals surface area contributed by atoms with Crippen molar-refractivity contribution in [3.05, 3.63) is 0 Å². The third kappa shape index (κ3) is 3.66. The number of nitrogens with zero attached hydrogens (tertiary/aromatic N) is 1. The zero-order chi connectivity index (χ0) is 11.6. The van der Waals surface area contributed by atoms with Gasteiger partial charge in [0.2, 0.25) is 0 Å². The zero-order valence-electron chi connectivity index (χ0n) is 9.50. The summed E-state index contributed by atoms with van der Waals surface area (Å²) in [6.45, 7) is 6.01. The van der Waals surface area contributed by atoms with E-state index in [9.17, 15) is 9.18 Å². The van der Waals surface area contributed by atoms with Gasteiger partial charge in [-0.2, -0.15) is 0 Å². The Hall–Kier alpha value is -0.840. The van der Waals surface area contributed by atoms with E-state index in [2.05, 4.69) is 0 Å². The zero-order valence-corrected chi connectivity index (χ0v) is 9.50. The first-order chi connectivity index (χ1) is 6.79. The predicted octanol–water partition coefficient (Wildman–Crippen LogP) is 1.29. The molecule has 0 aromatic heterocycles. The molecule has 1 amide bonds. The largest absolute Gasteiger partial charge is 0.444 e. The number of halogens is 1. The number of hydrogen-bond acceptors (Lipinski definition) is 3. The van der Waals surface area contributed by atoms with Crippen LogP contribution < -0.4 is 5.73 Å². The van der Waals surface area contributed by atoms with Crippen molar-refractivity contribution in [2.45, 2.75) is 45.0 Å². The quantitative estimate of drug-likeness (QED) is 0.666. The number of alkyl halides is 1. The fourth-order valence-corrected chi connectivity index (χ4v) is 1.45. The monoisotopic (exact) mass is 218 g/mol. The summed E-state index contributed by atoms with van der Waals surface area (Å²) in [5.41, 5.74) is 5.03. The highest BCUT2D eigenvalue weighted by atomic mass is 19.1. The average Bonchev–Trinajstić information content (AvgIpc) is 2.06. The first-order valence-corrected chi connectivity index (χ1v) is 5.17. The fraction of sp³-hybridized carbons (Fsp3) is 0.900. The average molecular weight is 218 g/mol. The number of nitrogens with two attached hydrogens (primary N) is 1. The van der Waals surface area contributed by atoms with E-state index in [4.69, 9.17) is 10.5 Å². The lowest BCUT2D eigenvalue weighted by molar-refractivity contribution is 0.0139. The highest BCUT2D eigenvalue weighted by molar-refractivity contribution is 5.68. The van der Waals surface area contributed by atoms with E-state index < -0.39 is 23.9 Å². The third-order valence-electron chi connectivity index (χ3n) is 2.22. The van der Waals surface area contributed by atoms with Gasteiger partial charge in [0, 0.05) is 13.1 Å². The van der Waals surface area contributed by atoms with Crippen molar-refractivity contribution in [2.75, 3.05) is 13.1 Å². The van der Waals surface area contributed by atoms with Crippen LogP contribution in [0.15, 0.2) is 0 Å². The lowest BCUT2D eigenvalue weighted by Crippen LogP contribution is -2.52. The molecular weight excluding hydrogens is 199 g/mol. The number of likely N-dealkylation sites (tertiary alicyclic amines) is 1. The molecule has 15 heavy (non-hydrogen) atoms. The number of carbonyl (C=O) groups excluding carboxylic acids is 1. The molecule has 0 radical (unpaired) electrons. The van der Waals surface area contributed by atoms with Gasteiger partial charge in [0.25, 0.3) is 0 Å². The van der Waals surface area contributed by atoms with Gasteiger partial charge in [0.05, 0.1) is 6.04 Å². The molecule has 0 aromatic carbocycles. The maximum Gasteiger partial charge on any atom is 0.410 e. The maximum absolute atomic E-state index is 13.0. The molecule has 0 aromatic rings. The van der Waals surface area contributed by atoms with Gasteiger partial charge in [-0.3, -0.25) is 0 Å². The Kier molecular flexibility index (Phi) is 3.54. The third-order valence-corrected chi connectivity index (χ3v) is 2.22. The van der Waals surface area contributed by atoms with Crippen molar-refractivity contribution in [1.82, 2.24) is 4.90 Å². The number of hydrogen-bond donors (Lipinski definition) is 1. The Morgan fingerprint density at radius 2 is 2.13 bits per heavy atom. The molecule has 1 saturated heterocycles. The fourth-order valence-electron chi connectivity index (χ4n) is 1.45. The molecule has 0 aliphatic carbocycles. The summed E-state index contributed by atoms with van der Waals surface area (Å²) in [4.78, 5) is 13.1. The van der Waals surface area contributed by atoms with E-state index in [1.807, 2.05) is 0 Å². The molecule has 1 unspecified atom stereocenters. The lowest BCUT2D eigenvalue weighted by Gasteiger charge is -2.34. The van der Waals surface area contributed by atoms with E-state index in [0.29, 0.717) is 13.0 Å². The van der Waals surface area contributed by atoms with Crippen molar-refractivity contribution in [1.29, 1.82) is 0 Å². The van der Waals surface area contributed by atoms with Crippen LogP contribution >= 0.6 is 0 Å². The van der Waals surface area contributed by atoms with Crippen LogP contribution in [0.3, 0.4) is 0 Å². The van der Waals surface area contributed by atoms with Crippen molar-refractivity contribution < 1.29 is 13.9 Å².